The van der Waals surface area contributed by atoms with Gasteiger partial charge in [0.1, 0.15) is 5.75 Å². The molecule has 0 heterocycles. The molecular weight excluding hydrogens is 286 g/mol. The van der Waals surface area contributed by atoms with E-state index in [2.05, 4.69) is 22.9 Å². The number of thioether (sulfide) groups is 1. The maximum absolute atomic E-state index is 5.91. The molecular formula is C12H18BrNOS. The average molecular weight is 304 g/mol. The Kier molecular flexibility index (Phi) is 6.24. The number of hydrogen-bond acceptors (Lipinski definition) is 3. The molecule has 1 aromatic rings. The summed E-state index contributed by atoms with van der Waals surface area (Å²) in [6.07, 6.45) is 0. The Balaban J connectivity index is 2.64. The molecule has 2 nitrogen and oxygen atoms in total. The predicted octanol–water partition coefficient (Wildman–Crippen LogP) is 3.60. The van der Waals surface area contributed by atoms with Crippen LogP contribution in [0.5, 0.6) is 5.75 Å². The van der Waals surface area contributed by atoms with Crippen molar-refractivity contribution in [2.45, 2.75) is 19.9 Å². The molecule has 0 unspecified atom stereocenters. The van der Waals surface area contributed by atoms with Crippen LogP contribution in [0.1, 0.15) is 25.5 Å². The van der Waals surface area contributed by atoms with Gasteiger partial charge in [-0.3, -0.25) is 0 Å². The number of rotatable bonds is 6. The zero-order chi connectivity index (χ0) is 12.0. The van der Waals surface area contributed by atoms with Crippen molar-refractivity contribution in [1.82, 2.24) is 0 Å². The van der Waals surface area contributed by atoms with Crippen LogP contribution in [0.2, 0.25) is 0 Å². The molecule has 0 amide bonds. The fourth-order valence-electron chi connectivity index (χ4n) is 1.36. The van der Waals surface area contributed by atoms with E-state index in [1.807, 2.05) is 36.9 Å². The Morgan fingerprint density at radius 1 is 1.50 bits per heavy atom. The van der Waals surface area contributed by atoms with Crippen molar-refractivity contribution in [2.75, 3.05) is 18.1 Å². The standard InChI is InChI=1S/C12H18BrNOS/c1-3-16-7-6-15-12-5-4-10(13)8-11(12)9(2)14/h4-5,8-9H,3,6-7,14H2,1-2H3/t9-/m1/s1. The van der Waals surface area contributed by atoms with Crippen molar-refractivity contribution in [2.24, 2.45) is 5.73 Å². The highest BCUT2D eigenvalue weighted by Gasteiger charge is 2.08. The maximum atomic E-state index is 5.91. The Morgan fingerprint density at radius 3 is 2.88 bits per heavy atom. The van der Waals surface area contributed by atoms with Crippen LogP contribution in [0, 0.1) is 0 Å². The molecule has 0 spiro atoms. The van der Waals surface area contributed by atoms with Crippen molar-refractivity contribution in [1.29, 1.82) is 0 Å². The summed E-state index contributed by atoms with van der Waals surface area (Å²) in [4.78, 5) is 0. The molecule has 4 heteroatoms. The van der Waals surface area contributed by atoms with Crippen LogP contribution in [0.25, 0.3) is 0 Å². The fourth-order valence-corrected chi connectivity index (χ4v) is 2.23. The lowest BCUT2D eigenvalue weighted by molar-refractivity contribution is 0.338. The second-order valence-corrected chi connectivity index (χ2v) is 5.83. The molecule has 1 rings (SSSR count). The first kappa shape index (κ1) is 13.9. The third kappa shape index (κ3) is 4.36. The van der Waals surface area contributed by atoms with Gasteiger partial charge in [-0.2, -0.15) is 11.8 Å². The zero-order valence-corrected chi connectivity index (χ0v) is 12.1. The molecule has 0 fully saturated rings. The summed E-state index contributed by atoms with van der Waals surface area (Å²) < 4.78 is 6.77. The van der Waals surface area contributed by atoms with E-state index in [9.17, 15) is 0 Å². The quantitative estimate of drug-likeness (QED) is 0.816. The number of halogens is 1. The number of benzene rings is 1. The van der Waals surface area contributed by atoms with Crippen molar-refractivity contribution in [3.8, 4) is 5.75 Å². The number of nitrogens with two attached hydrogens (primary N) is 1. The molecule has 2 N–H and O–H groups in total. The largest absolute Gasteiger partial charge is 0.492 e. The van der Waals surface area contributed by atoms with E-state index < -0.39 is 0 Å². The van der Waals surface area contributed by atoms with Gasteiger partial charge in [-0.05, 0) is 30.9 Å². The summed E-state index contributed by atoms with van der Waals surface area (Å²) in [6, 6.07) is 5.96. The van der Waals surface area contributed by atoms with E-state index in [0.29, 0.717) is 0 Å². The minimum atomic E-state index is -0.00803. The molecule has 90 valence electrons. The molecule has 0 aliphatic carbocycles. The summed E-state index contributed by atoms with van der Waals surface area (Å²) in [5, 5.41) is 0. The van der Waals surface area contributed by atoms with Crippen LogP contribution in [-0.2, 0) is 0 Å². The van der Waals surface area contributed by atoms with Gasteiger partial charge in [0.25, 0.3) is 0 Å². The molecule has 0 radical (unpaired) electrons. The first-order chi connectivity index (χ1) is 7.65. The second kappa shape index (κ2) is 7.20. The zero-order valence-electron chi connectivity index (χ0n) is 9.70. The van der Waals surface area contributed by atoms with E-state index >= 15 is 0 Å². The molecule has 0 aliphatic heterocycles. The topological polar surface area (TPSA) is 35.2 Å². The van der Waals surface area contributed by atoms with Crippen molar-refractivity contribution >= 4 is 27.7 Å². The fraction of sp³-hybridized carbons (Fsp3) is 0.500. The van der Waals surface area contributed by atoms with Gasteiger partial charge in [-0.25, -0.2) is 0 Å². The molecule has 0 saturated heterocycles. The van der Waals surface area contributed by atoms with Crippen LogP contribution < -0.4 is 10.5 Å². The first-order valence-electron chi connectivity index (χ1n) is 5.40. The Bertz CT molecular complexity index is 331. The van der Waals surface area contributed by atoms with E-state index in [0.717, 1.165) is 33.9 Å². The van der Waals surface area contributed by atoms with Crippen LogP contribution in [0.15, 0.2) is 22.7 Å². The van der Waals surface area contributed by atoms with Gasteiger partial charge in [0.2, 0.25) is 0 Å². The molecule has 1 aromatic carbocycles. The van der Waals surface area contributed by atoms with Gasteiger partial charge >= 0.3 is 0 Å². The van der Waals surface area contributed by atoms with E-state index in [4.69, 9.17) is 10.5 Å². The summed E-state index contributed by atoms with van der Waals surface area (Å²) in [5.74, 6) is 3.05. The van der Waals surface area contributed by atoms with Gasteiger partial charge in [0, 0.05) is 21.8 Å². The van der Waals surface area contributed by atoms with Gasteiger partial charge in [0.15, 0.2) is 0 Å². The molecule has 1 atom stereocenters. The number of ether oxygens (including phenoxy) is 1. The Labute approximate surface area is 110 Å². The van der Waals surface area contributed by atoms with Crippen LogP contribution in [0.4, 0.5) is 0 Å². The smallest absolute Gasteiger partial charge is 0.124 e. The van der Waals surface area contributed by atoms with Gasteiger partial charge in [-0.1, -0.05) is 22.9 Å². The van der Waals surface area contributed by atoms with Crippen LogP contribution in [0.3, 0.4) is 0 Å². The molecule has 0 aromatic heterocycles. The van der Waals surface area contributed by atoms with Crippen molar-refractivity contribution < 1.29 is 4.74 Å². The molecule has 0 saturated carbocycles. The highest BCUT2D eigenvalue weighted by atomic mass is 79.9. The third-order valence-electron chi connectivity index (χ3n) is 2.15. The summed E-state index contributed by atoms with van der Waals surface area (Å²) in [5.41, 5.74) is 6.96. The van der Waals surface area contributed by atoms with Crippen molar-refractivity contribution in [3.05, 3.63) is 28.2 Å². The lowest BCUT2D eigenvalue weighted by atomic mass is 10.1. The Hall–Kier alpha value is -0.190. The second-order valence-electron chi connectivity index (χ2n) is 3.52. The third-order valence-corrected chi connectivity index (χ3v) is 3.51. The Morgan fingerprint density at radius 2 is 2.25 bits per heavy atom. The molecule has 0 aliphatic rings. The maximum Gasteiger partial charge on any atom is 0.124 e. The minimum Gasteiger partial charge on any atom is -0.492 e. The van der Waals surface area contributed by atoms with Crippen molar-refractivity contribution in [3.63, 3.8) is 0 Å². The van der Waals surface area contributed by atoms with E-state index in [1.54, 1.807) is 0 Å². The van der Waals surface area contributed by atoms with Gasteiger partial charge < -0.3 is 10.5 Å². The summed E-state index contributed by atoms with van der Waals surface area (Å²) in [6.45, 7) is 4.85. The van der Waals surface area contributed by atoms with Gasteiger partial charge in [-0.15, -0.1) is 0 Å². The summed E-state index contributed by atoms with van der Waals surface area (Å²) in [7, 11) is 0. The van der Waals surface area contributed by atoms with E-state index in [1.165, 1.54) is 0 Å². The minimum absolute atomic E-state index is 0.00803. The number of hydrogen-bond donors (Lipinski definition) is 1. The lowest BCUT2D eigenvalue weighted by Crippen LogP contribution is -2.09. The summed E-state index contributed by atoms with van der Waals surface area (Å²) >= 11 is 5.32. The molecule has 16 heavy (non-hydrogen) atoms. The lowest BCUT2D eigenvalue weighted by Gasteiger charge is -2.14. The SMILES string of the molecule is CCSCCOc1ccc(Br)cc1[C@@H](C)N. The highest BCUT2D eigenvalue weighted by Crippen LogP contribution is 2.27. The highest BCUT2D eigenvalue weighted by molar-refractivity contribution is 9.10. The predicted molar refractivity (Wildman–Crippen MR) is 75.2 cm³/mol. The van der Waals surface area contributed by atoms with Gasteiger partial charge in [0.05, 0.1) is 6.61 Å². The van der Waals surface area contributed by atoms with Crippen LogP contribution in [-0.4, -0.2) is 18.1 Å². The normalized spacial score (nSPS) is 12.5. The average Bonchev–Trinajstić information content (AvgIpc) is 2.26. The van der Waals surface area contributed by atoms with E-state index in [-0.39, 0.29) is 6.04 Å². The van der Waals surface area contributed by atoms with Crippen LogP contribution >= 0.6 is 27.7 Å². The monoisotopic (exact) mass is 303 g/mol. The first-order valence-corrected chi connectivity index (χ1v) is 7.35. The molecule has 0 bridgehead atoms.